The van der Waals surface area contributed by atoms with Gasteiger partial charge in [0.15, 0.2) is 0 Å². The van der Waals surface area contributed by atoms with E-state index in [1.807, 2.05) is 4.90 Å². The molecule has 1 amide bonds. The number of amides is 1. The van der Waals surface area contributed by atoms with Gasteiger partial charge in [0.1, 0.15) is 0 Å². The van der Waals surface area contributed by atoms with E-state index < -0.39 is 0 Å². The molecule has 2 bridgehead atoms. The van der Waals surface area contributed by atoms with Gasteiger partial charge in [-0.1, -0.05) is 6.92 Å². The number of rotatable bonds is 4. The van der Waals surface area contributed by atoms with Crippen LogP contribution in [0.1, 0.15) is 26.2 Å². The molecule has 1 N–H and O–H groups in total. The Morgan fingerprint density at radius 3 is 2.67 bits per heavy atom. The first-order chi connectivity index (χ1) is 7.29. The highest BCUT2D eigenvalue weighted by Gasteiger charge is 2.35. The number of morpholine rings is 1. The molecular weight excluding hydrogens is 192 g/mol. The van der Waals surface area contributed by atoms with Gasteiger partial charge in [0.05, 0.1) is 12.2 Å². The van der Waals surface area contributed by atoms with Gasteiger partial charge >= 0.3 is 0 Å². The van der Waals surface area contributed by atoms with Gasteiger partial charge < -0.3 is 15.0 Å². The molecule has 2 unspecified atom stereocenters. The fraction of sp³-hybridized carbons (Fsp3) is 0.909. The van der Waals surface area contributed by atoms with Gasteiger partial charge in [0.25, 0.3) is 0 Å². The van der Waals surface area contributed by atoms with E-state index in [0.717, 1.165) is 39.0 Å². The molecule has 15 heavy (non-hydrogen) atoms. The summed E-state index contributed by atoms with van der Waals surface area (Å²) in [7, 11) is 0. The van der Waals surface area contributed by atoms with E-state index in [1.54, 1.807) is 0 Å². The minimum atomic E-state index is 0.274. The van der Waals surface area contributed by atoms with E-state index in [9.17, 15) is 4.79 Å². The largest absolute Gasteiger partial charge is 0.371 e. The number of ether oxygens (including phenoxy) is 1. The van der Waals surface area contributed by atoms with Crippen LogP contribution in [0.5, 0.6) is 0 Å². The third kappa shape index (κ3) is 2.69. The van der Waals surface area contributed by atoms with Gasteiger partial charge in [-0.25, -0.2) is 0 Å². The van der Waals surface area contributed by atoms with Crippen LogP contribution in [0, 0.1) is 0 Å². The molecule has 0 saturated carbocycles. The first-order valence-electron chi connectivity index (χ1n) is 5.93. The first kappa shape index (κ1) is 10.9. The summed E-state index contributed by atoms with van der Waals surface area (Å²) in [4.78, 5) is 13.8. The Bertz CT molecular complexity index is 221. The number of hydrogen-bond acceptors (Lipinski definition) is 3. The van der Waals surface area contributed by atoms with Gasteiger partial charge in [-0.15, -0.1) is 0 Å². The molecule has 2 aliphatic rings. The maximum atomic E-state index is 11.8. The fourth-order valence-electron chi connectivity index (χ4n) is 2.35. The molecule has 0 spiro atoms. The smallest absolute Gasteiger partial charge is 0.224 e. The zero-order valence-electron chi connectivity index (χ0n) is 9.37. The summed E-state index contributed by atoms with van der Waals surface area (Å²) in [5.74, 6) is 0.274. The Kier molecular flexibility index (Phi) is 3.59. The number of hydrogen-bond donors (Lipinski definition) is 1. The minimum absolute atomic E-state index is 0.274. The lowest BCUT2D eigenvalue weighted by molar-refractivity contribution is -0.139. The third-order valence-electron chi connectivity index (χ3n) is 3.16. The Balaban J connectivity index is 1.76. The first-order valence-corrected chi connectivity index (χ1v) is 5.93. The maximum Gasteiger partial charge on any atom is 0.224 e. The molecule has 2 saturated heterocycles. The van der Waals surface area contributed by atoms with Crippen LogP contribution < -0.4 is 5.32 Å². The van der Waals surface area contributed by atoms with Crippen molar-refractivity contribution in [1.82, 2.24) is 10.2 Å². The van der Waals surface area contributed by atoms with E-state index >= 15 is 0 Å². The van der Waals surface area contributed by atoms with Crippen LogP contribution in [0.4, 0.5) is 0 Å². The van der Waals surface area contributed by atoms with Crippen molar-refractivity contribution < 1.29 is 9.53 Å². The number of nitrogens with one attached hydrogen (secondary N) is 1. The van der Waals surface area contributed by atoms with E-state index in [4.69, 9.17) is 4.74 Å². The molecule has 4 heteroatoms. The quantitative estimate of drug-likeness (QED) is 0.685. The third-order valence-corrected chi connectivity index (χ3v) is 3.16. The highest BCUT2D eigenvalue weighted by molar-refractivity contribution is 5.76. The monoisotopic (exact) mass is 212 g/mol. The molecule has 2 atom stereocenters. The van der Waals surface area contributed by atoms with E-state index in [2.05, 4.69) is 12.2 Å². The lowest BCUT2D eigenvalue weighted by Crippen LogP contribution is -2.46. The van der Waals surface area contributed by atoms with Crippen molar-refractivity contribution in [2.45, 2.75) is 38.4 Å². The molecule has 0 radical (unpaired) electrons. The van der Waals surface area contributed by atoms with Crippen molar-refractivity contribution in [1.29, 1.82) is 0 Å². The average molecular weight is 212 g/mol. The van der Waals surface area contributed by atoms with Crippen molar-refractivity contribution in [2.24, 2.45) is 0 Å². The second kappa shape index (κ2) is 4.94. The topological polar surface area (TPSA) is 41.6 Å². The lowest BCUT2D eigenvalue weighted by atomic mass is 10.2. The molecule has 0 aromatic rings. The van der Waals surface area contributed by atoms with Crippen molar-refractivity contribution in [2.75, 3.05) is 26.2 Å². The molecule has 2 rings (SSSR count). The highest BCUT2D eigenvalue weighted by atomic mass is 16.5. The predicted octanol–water partition coefficient (Wildman–Crippen LogP) is 0.376. The molecule has 2 fully saturated rings. The molecular formula is C11H20N2O2. The van der Waals surface area contributed by atoms with Crippen LogP contribution in [0.3, 0.4) is 0 Å². The Morgan fingerprint density at radius 1 is 1.40 bits per heavy atom. The lowest BCUT2D eigenvalue weighted by Gasteiger charge is -2.32. The Morgan fingerprint density at radius 2 is 2.07 bits per heavy atom. The number of likely N-dealkylation sites (tertiary alicyclic amines) is 1. The average Bonchev–Trinajstić information content (AvgIpc) is 2.58. The highest BCUT2D eigenvalue weighted by Crippen LogP contribution is 2.26. The molecule has 86 valence electrons. The van der Waals surface area contributed by atoms with Crippen molar-refractivity contribution in [3.8, 4) is 0 Å². The molecule has 0 aliphatic carbocycles. The molecule has 2 aliphatic heterocycles. The normalized spacial score (nSPS) is 29.5. The van der Waals surface area contributed by atoms with Crippen molar-refractivity contribution in [3.63, 3.8) is 0 Å². The van der Waals surface area contributed by atoms with E-state index in [0.29, 0.717) is 18.6 Å². The molecule has 0 aromatic heterocycles. The second-order valence-electron chi connectivity index (χ2n) is 4.36. The standard InChI is InChI=1S/C11H20N2O2/c1-2-12-6-5-11(14)13-7-9-3-4-10(8-13)15-9/h9-10,12H,2-8H2,1H3. The van der Waals surface area contributed by atoms with Crippen molar-refractivity contribution in [3.05, 3.63) is 0 Å². The summed E-state index contributed by atoms with van der Waals surface area (Å²) in [5.41, 5.74) is 0. The minimum Gasteiger partial charge on any atom is -0.371 e. The van der Waals surface area contributed by atoms with Gasteiger partial charge in [-0.2, -0.15) is 0 Å². The number of nitrogens with zero attached hydrogens (tertiary/aromatic N) is 1. The molecule has 2 heterocycles. The summed E-state index contributed by atoms with van der Waals surface area (Å²) >= 11 is 0. The van der Waals surface area contributed by atoms with E-state index in [1.165, 1.54) is 0 Å². The predicted molar refractivity (Wildman–Crippen MR) is 57.6 cm³/mol. The zero-order valence-corrected chi connectivity index (χ0v) is 9.37. The van der Waals surface area contributed by atoms with Crippen LogP contribution in [0.15, 0.2) is 0 Å². The summed E-state index contributed by atoms with van der Waals surface area (Å²) < 4.78 is 5.69. The number of carbonyl (C=O) groups excluding carboxylic acids is 1. The summed E-state index contributed by atoms with van der Waals surface area (Å²) in [6.07, 6.45) is 3.50. The van der Waals surface area contributed by atoms with Gasteiger partial charge in [-0.05, 0) is 19.4 Å². The van der Waals surface area contributed by atoms with Crippen LogP contribution in [0.25, 0.3) is 0 Å². The van der Waals surface area contributed by atoms with E-state index in [-0.39, 0.29) is 5.91 Å². The summed E-state index contributed by atoms with van der Waals surface area (Å²) in [6, 6.07) is 0. The summed E-state index contributed by atoms with van der Waals surface area (Å²) in [5, 5.41) is 3.18. The van der Waals surface area contributed by atoms with Crippen LogP contribution in [-0.4, -0.2) is 49.2 Å². The van der Waals surface area contributed by atoms with Gasteiger partial charge in [-0.3, -0.25) is 4.79 Å². The zero-order chi connectivity index (χ0) is 10.7. The Labute approximate surface area is 91.0 Å². The Hall–Kier alpha value is -0.610. The van der Waals surface area contributed by atoms with Gasteiger partial charge in [0, 0.05) is 26.1 Å². The van der Waals surface area contributed by atoms with Crippen LogP contribution in [-0.2, 0) is 9.53 Å². The maximum absolute atomic E-state index is 11.8. The summed E-state index contributed by atoms with van der Waals surface area (Å²) in [6.45, 7) is 5.39. The van der Waals surface area contributed by atoms with Crippen molar-refractivity contribution >= 4 is 5.91 Å². The number of carbonyl (C=O) groups is 1. The second-order valence-corrected chi connectivity index (χ2v) is 4.36. The number of fused-ring (bicyclic) bond motifs is 2. The molecule has 4 nitrogen and oxygen atoms in total. The molecule has 0 aromatic carbocycles. The van der Waals surface area contributed by atoms with Gasteiger partial charge in [0.2, 0.25) is 5.91 Å². The fourth-order valence-corrected chi connectivity index (χ4v) is 2.35. The van der Waals surface area contributed by atoms with Crippen LogP contribution >= 0.6 is 0 Å². The SMILES string of the molecule is CCNCCC(=O)N1CC2CCC(C1)O2. The van der Waals surface area contributed by atoms with Crippen LogP contribution in [0.2, 0.25) is 0 Å².